The molecule has 3 aromatic rings. The summed E-state index contributed by atoms with van der Waals surface area (Å²) in [4.78, 5) is 4.67. The van der Waals surface area contributed by atoms with Crippen LogP contribution in [-0.4, -0.2) is 17.2 Å². The molecule has 21 heavy (non-hydrogen) atoms. The Labute approximate surface area is 126 Å². The molecule has 4 nitrogen and oxygen atoms in total. The molecule has 104 valence electrons. The first-order chi connectivity index (χ1) is 10.2. The van der Waals surface area contributed by atoms with Gasteiger partial charge in [-0.05, 0) is 30.3 Å². The zero-order valence-electron chi connectivity index (χ0n) is 11.7. The number of hydrogen-bond donors (Lipinski definition) is 0. The number of fused-ring (bicyclic) bond motifs is 2. The van der Waals surface area contributed by atoms with Crippen LogP contribution in [0.2, 0.25) is 0 Å². The summed E-state index contributed by atoms with van der Waals surface area (Å²) in [6.07, 6.45) is 0. The van der Waals surface area contributed by atoms with Crippen LogP contribution in [0.3, 0.4) is 0 Å². The second-order valence-electron chi connectivity index (χ2n) is 4.94. The van der Waals surface area contributed by atoms with Gasteiger partial charge in [0, 0.05) is 29.3 Å². The third kappa shape index (κ3) is 2.01. The quantitative estimate of drug-likeness (QED) is 0.670. The largest absolute Gasteiger partial charge is 0.421 e. The number of hydrogen-bond acceptors (Lipinski definition) is 5. The van der Waals surface area contributed by atoms with E-state index in [1.807, 2.05) is 6.07 Å². The fourth-order valence-electron chi connectivity index (χ4n) is 2.49. The highest BCUT2D eigenvalue weighted by molar-refractivity contribution is 7.99. The molecule has 0 radical (unpaired) electrons. The van der Waals surface area contributed by atoms with Crippen molar-refractivity contribution in [3.05, 3.63) is 48.4 Å². The van der Waals surface area contributed by atoms with Crippen LogP contribution in [0.25, 0.3) is 11.5 Å². The van der Waals surface area contributed by atoms with Crippen molar-refractivity contribution in [2.75, 3.05) is 11.9 Å². The summed E-state index contributed by atoms with van der Waals surface area (Å²) in [5.41, 5.74) is 3.38. The molecule has 1 aliphatic heterocycles. The van der Waals surface area contributed by atoms with E-state index in [-0.39, 0.29) is 0 Å². The number of aromatic nitrogens is 2. The average molecular weight is 295 g/mol. The zero-order chi connectivity index (χ0) is 14.4. The van der Waals surface area contributed by atoms with Crippen molar-refractivity contribution in [1.82, 2.24) is 10.2 Å². The van der Waals surface area contributed by atoms with Crippen LogP contribution in [-0.2, 0) is 0 Å². The molecule has 2 aromatic carbocycles. The van der Waals surface area contributed by atoms with Crippen molar-refractivity contribution in [3.8, 4) is 11.5 Å². The maximum atomic E-state index is 5.51. The third-order valence-electron chi connectivity index (χ3n) is 3.54. The lowest BCUT2D eigenvalue weighted by Gasteiger charge is -2.29. The molecule has 5 heteroatoms. The first-order valence-corrected chi connectivity index (χ1v) is 7.49. The van der Waals surface area contributed by atoms with Gasteiger partial charge in [-0.15, -0.1) is 10.2 Å². The summed E-state index contributed by atoms with van der Waals surface area (Å²) < 4.78 is 5.51. The Balaban J connectivity index is 1.81. The van der Waals surface area contributed by atoms with E-state index >= 15 is 0 Å². The number of aryl methyl sites for hydroxylation is 1. The standard InChI is InChI=1S/C16H13N3OS/c1-10-17-18-16(20-10)11-7-8-13-15(9-11)21-14-6-4-3-5-12(14)19(13)2/h3-9H,1-2H3. The lowest BCUT2D eigenvalue weighted by Crippen LogP contribution is -2.14. The Morgan fingerprint density at radius 1 is 1.00 bits per heavy atom. The van der Waals surface area contributed by atoms with Crippen molar-refractivity contribution in [2.45, 2.75) is 16.7 Å². The Bertz CT molecular complexity index is 828. The summed E-state index contributed by atoms with van der Waals surface area (Å²) in [6, 6.07) is 14.7. The van der Waals surface area contributed by atoms with E-state index in [0.29, 0.717) is 11.8 Å². The second-order valence-corrected chi connectivity index (χ2v) is 6.02. The average Bonchev–Trinajstić information content (AvgIpc) is 2.94. The van der Waals surface area contributed by atoms with Crippen molar-refractivity contribution in [1.29, 1.82) is 0 Å². The van der Waals surface area contributed by atoms with E-state index in [1.165, 1.54) is 21.2 Å². The third-order valence-corrected chi connectivity index (χ3v) is 4.65. The number of nitrogens with zero attached hydrogens (tertiary/aromatic N) is 3. The molecular weight excluding hydrogens is 282 g/mol. The molecule has 0 saturated heterocycles. The lowest BCUT2D eigenvalue weighted by atomic mass is 10.1. The van der Waals surface area contributed by atoms with Gasteiger partial charge in [0.2, 0.25) is 11.8 Å². The predicted octanol–water partition coefficient (Wildman–Crippen LogP) is 4.28. The molecule has 1 aliphatic rings. The van der Waals surface area contributed by atoms with Gasteiger partial charge in [0.05, 0.1) is 11.4 Å². The normalized spacial score (nSPS) is 13.0. The topological polar surface area (TPSA) is 42.2 Å². The lowest BCUT2D eigenvalue weighted by molar-refractivity contribution is 0.532. The fourth-order valence-corrected chi connectivity index (χ4v) is 3.68. The van der Waals surface area contributed by atoms with Crippen molar-refractivity contribution in [3.63, 3.8) is 0 Å². The van der Waals surface area contributed by atoms with E-state index in [0.717, 1.165) is 5.56 Å². The summed E-state index contributed by atoms with van der Waals surface area (Å²) in [5.74, 6) is 1.15. The Kier molecular flexibility index (Phi) is 2.75. The number of benzene rings is 2. The monoisotopic (exact) mass is 295 g/mol. The summed E-state index contributed by atoms with van der Waals surface area (Å²) in [6.45, 7) is 1.80. The van der Waals surface area contributed by atoms with Gasteiger partial charge < -0.3 is 9.32 Å². The van der Waals surface area contributed by atoms with Gasteiger partial charge in [-0.1, -0.05) is 23.9 Å². The van der Waals surface area contributed by atoms with Crippen LogP contribution in [0.5, 0.6) is 0 Å². The van der Waals surface area contributed by atoms with E-state index in [9.17, 15) is 0 Å². The first-order valence-electron chi connectivity index (χ1n) is 6.67. The van der Waals surface area contributed by atoms with Crippen LogP contribution in [0.4, 0.5) is 11.4 Å². The van der Waals surface area contributed by atoms with E-state index < -0.39 is 0 Å². The highest BCUT2D eigenvalue weighted by atomic mass is 32.2. The maximum absolute atomic E-state index is 5.51. The number of anilines is 2. The van der Waals surface area contributed by atoms with Gasteiger partial charge >= 0.3 is 0 Å². The first kappa shape index (κ1) is 12.5. The molecule has 0 bridgehead atoms. The van der Waals surface area contributed by atoms with Gasteiger partial charge in [0.15, 0.2) is 0 Å². The van der Waals surface area contributed by atoms with E-state index in [2.05, 4.69) is 58.5 Å². The van der Waals surface area contributed by atoms with Crippen LogP contribution < -0.4 is 4.90 Å². The van der Waals surface area contributed by atoms with E-state index in [4.69, 9.17) is 4.42 Å². The Hall–Kier alpha value is -2.27. The molecule has 0 aliphatic carbocycles. The minimum Gasteiger partial charge on any atom is -0.421 e. The molecule has 0 N–H and O–H groups in total. The Morgan fingerprint density at radius 2 is 1.81 bits per heavy atom. The van der Waals surface area contributed by atoms with Gasteiger partial charge in [-0.3, -0.25) is 0 Å². The molecular formula is C16H13N3OS. The summed E-state index contributed by atoms with van der Waals surface area (Å²) >= 11 is 1.77. The van der Waals surface area contributed by atoms with Crippen LogP contribution >= 0.6 is 11.8 Å². The molecule has 4 rings (SSSR count). The minimum atomic E-state index is 0.567. The minimum absolute atomic E-state index is 0.567. The second kappa shape index (κ2) is 4.63. The molecule has 0 spiro atoms. The molecule has 2 heterocycles. The van der Waals surface area contributed by atoms with Crippen molar-refractivity contribution >= 4 is 23.1 Å². The van der Waals surface area contributed by atoms with Crippen molar-refractivity contribution in [2.24, 2.45) is 0 Å². The molecule has 0 atom stereocenters. The molecule has 1 aromatic heterocycles. The van der Waals surface area contributed by atoms with Crippen LogP contribution in [0.15, 0.2) is 56.7 Å². The van der Waals surface area contributed by atoms with Crippen molar-refractivity contribution < 1.29 is 4.42 Å². The van der Waals surface area contributed by atoms with Gasteiger partial charge in [0.25, 0.3) is 0 Å². The molecule has 0 amide bonds. The number of rotatable bonds is 1. The smallest absolute Gasteiger partial charge is 0.247 e. The van der Waals surface area contributed by atoms with E-state index in [1.54, 1.807) is 18.7 Å². The van der Waals surface area contributed by atoms with Gasteiger partial charge in [-0.2, -0.15) is 0 Å². The Morgan fingerprint density at radius 3 is 2.62 bits per heavy atom. The zero-order valence-corrected chi connectivity index (χ0v) is 12.5. The molecule has 0 saturated carbocycles. The van der Waals surface area contributed by atoms with Crippen LogP contribution in [0.1, 0.15) is 5.89 Å². The highest BCUT2D eigenvalue weighted by Gasteiger charge is 2.21. The molecule has 0 unspecified atom stereocenters. The van der Waals surface area contributed by atoms with Gasteiger partial charge in [0.1, 0.15) is 0 Å². The maximum Gasteiger partial charge on any atom is 0.247 e. The SMILES string of the molecule is Cc1nnc(-c2ccc3c(c2)Sc2ccccc2N3C)o1. The number of para-hydroxylation sites is 1. The fraction of sp³-hybridized carbons (Fsp3) is 0.125. The summed E-state index contributed by atoms with van der Waals surface area (Å²) in [5, 5.41) is 7.98. The highest BCUT2D eigenvalue weighted by Crippen LogP contribution is 2.48. The molecule has 0 fully saturated rings. The summed E-state index contributed by atoms with van der Waals surface area (Å²) in [7, 11) is 2.09. The van der Waals surface area contributed by atoms with Gasteiger partial charge in [-0.25, -0.2) is 0 Å². The van der Waals surface area contributed by atoms with Crippen LogP contribution in [0, 0.1) is 6.92 Å². The predicted molar refractivity (Wildman–Crippen MR) is 83.1 cm³/mol.